The lowest BCUT2D eigenvalue weighted by molar-refractivity contribution is -0.684. The molecule has 0 radical (unpaired) electrons. The predicted molar refractivity (Wildman–Crippen MR) is 83.2 cm³/mol. The standard InChI is InChI=1S/C17H22N2O2/c1-11-8-12(2)17(13(3)9-11)19-16(20)10-18-14(4)15-6-5-7-21-15/h5-9,14,18H,10H2,1-4H3,(H,19,20)/p+1/t14-/m1/s1. The lowest BCUT2D eigenvalue weighted by atomic mass is 10.1. The van der Waals surface area contributed by atoms with E-state index in [2.05, 4.69) is 24.4 Å². The first-order valence-corrected chi connectivity index (χ1v) is 7.22. The smallest absolute Gasteiger partial charge is 0.279 e. The highest BCUT2D eigenvalue weighted by atomic mass is 16.3. The Morgan fingerprint density at radius 1 is 1.29 bits per heavy atom. The Bertz CT molecular complexity index is 595. The van der Waals surface area contributed by atoms with Crippen molar-refractivity contribution in [1.29, 1.82) is 0 Å². The molecule has 0 spiro atoms. The first kappa shape index (κ1) is 15.3. The van der Waals surface area contributed by atoms with Crippen LogP contribution >= 0.6 is 0 Å². The van der Waals surface area contributed by atoms with E-state index in [1.807, 2.05) is 38.2 Å². The highest BCUT2D eigenvalue weighted by Crippen LogP contribution is 2.21. The van der Waals surface area contributed by atoms with Crippen LogP contribution in [-0.4, -0.2) is 12.5 Å². The molecule has 0 saturated carbocycles. The van der Waals surface area contributed by atoms with Crippen LogP contribution in [0.4, 0.5) is 5.69 Å². The van der Waals surface area contributed by atoms with Gasteiger partial charge >= 0.3 is 0 Å². The Labute approximate surface area is 125 Å². The van der Waals surface area contributed by atoms with Crippen LogP contribution in [0.25, 0.3) is 0 Å². The summed E-state index contributed by atoms with van der Waals surface area (Å²) in [6.45, 7) is 8.49. The maximum absolute atomic E-state index is 12.1. The number of quaternary nitrogens is 1. The van der Waals surface area contributed by atoms with Gasteiger partial charge in [-0.3, -0.25) is 4.79 Å². The molecule has 0 fully saturated rings. The Hall–Kier alpha value is -2.07. The molecule has 1 heterocycles. The summed E-state index contributed by atoms with van der Waals surface area (Å²) in [7, 11) is 0. The van der Waals surface area contributed by atoms with Gasteiger partial charge in [0.2, 0.25) is 0 Å². The Morgan fingerprint density at radius 2 is 1.95 bits per heavy atom. The van der Waals surface area contributed by atoms with Crippen molar-refractivity contribution in [1.82, 2.24) is 0 Å². The van der Waals surface area contributed by atoms with E-state index in [1.165, 1.54) is 5.56 Å². The summed E-state index contributed by atoms with van der Waals surface area (Å²) in [4.78, 5) is 12.1. The molecule has 2 rings (SSSR count). The van der Waals surface area contributed by atoms with Gasteiger partial charge in [0.1, 0.15) is 6.04 Å². The molecule has 0 unspecified atom stereocenters. The number of hydrogen-bond acceptors (Lipinski definition) is 2. The second kappa shape index (κ2) is 6.59. The zero-order valence-electron chi connectivity index (χ0n) is 13.1. The number of amides is 1. The molecular weight excluding hydrogens is 264 g/mol. The number of anilines is 1. The molecule has 0 aliphatic rings. The van der Waals surface area contributed by atoms with Crippen LogP contribution in [-0.2, 0) is 4.79 Å². The summed E-state index contributed by atoms with van der Waals surface area (Å²) in [5.41, 5.74) is 4.32. The lowest BCUT2D eigenvalue weighted by Gasteiger charge is -2.13. The zero-order valence-corrected chi connectivity index (χ0v) is 13.1. The molecule has 4 heteroatoms. The number of aryl methyl sites for hydroxylation is 3. The number of carbonyl (C=O) groups is 1. The van der Waals surface area contributed by atoms with Crippen molar-refractivity contribution in [2.75, 3.05) is 11.9 Å². The number of carbonyl (C=O) groups excluding carboxylic acids is 1. The summed E-state index contributed by atoms with van der Waals surface area (Å²) in [5, 5.41) is 4.97. The third-order valence-corrected chi connectivity index (χ3v) is 3.59. The maximum Gasteiger partial charge on any atom is 0.279 e. The van der Waals surface area contributed by atoms with Gasteiger partial charge in [-0.25, -0.2) is 0 Å². The SMILES string of the molecule is Cc1cc(C)c(NC(=O)C[NH2+][C@H](C)c2ccco2)c(C)c1. The highest BCUT2D eigenvalue weighted by Gasteiger charge is 2.15. The Kier molecular flexibility index (Phi) is 4.81. The average molecular weight is 287 g/mol. The zero-order chi connectivity index (χ0) is 15.4. The molecule has 0 aliphatic heterocycles. The number of hydrogen-bond donors (Lipinski definition) is 2. The lowest BCUT2D eigenvalue weighted by Crippen LogP contribution is -2.86. The van der Waals surface area contributed by atoms with Gasteiger partial charge in [0.25, 0.3) is 5.91 Å². The van der Waals surface area contributed by atoms with Crippen molar-refractivity contribution in [2.24, 2.45) is 0 Å². The molecule has 1 aromatic heterocycles. The number of nitrogens with two attached hydrogens (primary N) is 1. The second-order valence-electron chi connectivity index (χ2n) is 5.57. The van der Waals surface area contributed by atoms with Gasteiger partial charge in [0.15, 0.2) is 12.3 Å². The second-order valence-corrected chi connectivity index (χ2v) is 5.57. The van der Waals surface area contributed by atoms with Gasteiger partial charge in [-0.15, -0.1) is 0 Å². The normalized spacial score (nSPS) is 12.2. The molecule has 4 nitrogen and oxygen atoms in total. The van der Waals surface area contributed by atoms with E-state index in [0.29, 0.717) is 6.54 Å². The minimum absolute atomic E-state index is 0.00320. The first-order chi connectivity index (χ1) is 9.97. The molecule has 1 atom stereocenters. The fourth-order valence-electron chi connectivity index (χ4n) is 2.52. The van der Waals surface area contributed by atoms with Crippen LogP contribution in [0, 0.1) is 20.8 Å². The van der Waals surface area contributed by atoms with E-state index in [-0.39, 0.29) is 11.9 Å². The molecule has 2 aromatic rings. The molecular formula is C17H23N2O2+. The number of nitrogens with one attached hydrogen (secondary N) is 1. The Morgan fingerprint density at radius 3 is 2.52 bits per heavy atom. The number of benzene rings is 1. The van der Waals surface area contributed by atoms with Gasteiger partial charge in [-0.2, -0.15) is 0 Å². The Balaban J connectivity index is 1.93. The van der Waals surface area contributed by atoms with E-state index in [0.717, 1.165) is 22.6 Å². The van der Waals surface area contributed by atoms with Gasteiger partial charge in [-0.05, 0) is 51.0 Å². The molecule has 1 aromatic carbocycles. The van der Waals surface area contributed by atoms with E-state index in [1.54, 1.807) is 6.26 Å². The first-order valence-electron chi connectivity index (χ1n) is 7.22. The van der Waals surface area contributed by atoms with Crippen molar-refractivity contribution in [2.45, 2.75) is 33.7 Å². The fourth-order valence-corrected chi connectivity index (χ4v) is 2.52. The molecule has 0 saturated heterocycles. The van der Waals surface area contributed by atoms with Crippen LogP contribution in [0.15, 0.2) is 34.9 Å². The highest BCUT2D eigenvalue weighted by molar-refractivity contribution is 5.93. The van der Waals surface area contributed by atoms with E-state index in [9.17, 15) is 4.79 Å². The third-order valence-electron chi connectivity index (χ3n) is 3.59. The predicted octanol–water partition coefficient (Wildman–Crippen LogP) is 2.47. The summed E-state index contributed by atoms with van der Waals surface area (Å²) in [6.07, 6.45) is 1.65. The van der Waals surface area contributed by atoms with E-state index >= 15 is 0 Å². The van der Waals surface area contributed by atoms with Crippen LogP contribution in [0.5, 0.6) is 0 Å². The number of rotatable bonds is 5. The summed E-state index contributed by atoms with van der Waals surface area (Å²) in [6, 6.07) is 8.08. The van der Waals surface area contributed by atoms with Gasteiger partial charge in [-0.1, -0.05) is 17.7 Å². The summed E-state index contributed by atoms with van der Waals surface area (Å²) < 4.78 is 5.33. The molecule has 0 aliphatic carbocycles. The summed E-state index contributed by atoms with van der Waals surface area (Å²) >= 11 is 0. The maximum atomic E-state index is 12.1. The molecule has 1 amide bonds. The topological polar surface area (TPSA) is 58.9 Å². The molecule has 0 bridgehead atoms. The van der Waals surface area contributed by atoms with Crippen molar-refractivity contribution in [3.05, 3.63) is 53.0 Å². The number of furan rings is 1. The van der Waals surface area contributed by atoms with E-state index in [4.69, 9.17) is 4.42 Å². The minimum atomic E-state index is 0.00320. The molecule has 112 valence electrons. The average Bonchev–Trinajstić information content (AvgIpc) is 2.94. The third kappa shape index (κ3) is 3.95. The van der Waals surface area contributed by atoms with Crippen molar-refractivity contribution < 1.29 is 14.5 Å². The van der Waals surface area contributed by atoms with Gasteiger partial charge in [0.05, 0.1) is 6.26 Å². The van der Waals surface area contributed by atoms with Crippen molar-refractivity contribution in [3.63, 3.8) is 0 Å². The quantitative estimate of drug-likeness (QED) is 0.887. The van der Waals surface area contributed by atoms with Crippen molar-refractivity contribution >= 4 is 11.6 Å². The summed E-state index contributed by atoms with van der Waals surface area (Å²) in [5.74, 6) is 0.883. The van der Waals surface area contributed by atoms with Gasteiger partial charge < -0.3 is 15.1 Å². The van der Waals surface area contributed by atoms with Gasteiger partial charge in [0, 0.05) is 5.69 Å². The van der Waals surface area contributed by atoms with Crippen LogP contribution in [0.3, 0.4) is 0 Å². The van der Waals surface area contributed by atoms with Crippen LogP contribution in [0.1, 0.15) is 35.4 Å². The largest absolute Gasteiger partial charge is 0.463 e. The van der Waals surface area contributed by atoms with Crippen LogP contribution < -0.4 is 10.6 Å². The monoisotopic (exact) mass is 287 g/mol. The minimum Gasteiger partial charge on any atom is -0.463 e. The van der Waals surface area contributed by atoms with Crippen LogP contribution in [0.2, 0.25) is 0 Å². The fraction of sp³-hybridized carbons (Fsp3) is 0.353. The van der Waals surface area contributed by atoms with Crippen molar-refractivity contribution in [3.8, 4) is 0 Å². The molecule has 21 heavy (non-hydrogen) atoms. The van der Waals surface area contributed by atoms with E-state index < -0.39 is 0 Å². The molecule has 3 N–H and O–H groups in total.